The van der Waals surface area contributed by atoms with Gasteiger partial charge in [-0.2, -0.15) is 15.2 Å². The van der Waals surface area contributed by atoms with Crippen molar-refractivity contribution in [2.45, 2.75) is 12.8 Å². The highest BCUT2D eigenvalue weighted by Gasteiger charge is 2.27. The molecule has 1 aliphatic rings. The lowest BCUT2D eigenvalue weighted by molar-refractivity contribution is 0.902. The molecular formula is C55H35N9. The van der Waals surface area contributed by atoms with Crippen LogP contribution in [0.15, 0.2) is 182 Å². The number of hydrogen-bond acceptors (Lipinski definition) is 7. The minimum atomic E-state index is 0.486. The van der Waals surface area contributed by atoms with Crippen LogP contribution in [0.25, 0.3) is 107 Å². The minimum absolute atomic E-state index is 0.486. The van der Waals surface area contributed by atoms with Gasteiger partial charge in [0.05, 0.1) is 33.5 Å². The van der Waals surface area contributed by atoms with Gasteiger partial charge in [0, 0.05) is 44.0 Å². The summed E-state index contributed by atoms with van der Waals surface area (Å²) in [7, 11) is 0. The van der Waals surface area contributed by atoms with Crippen LogP contribution in [0, 0.1) is 11.3 Å². The number of rotatable bonds is 7. The molecule has 0 saturated heterocycles. The monoisotopic (exact) mass is 821 g/mol. The van der Waals surface area contributed by atoms with Crippen LogP contribution in [0.1, 0.15) is 23.2 Å². The number of allylic oxidation sites excluding steroid dienone is 1. The molecule has 0 fully saturated rings. The van der Waals surface area contributed by atoms with E-state index in [-0.39, 0.29) is 0 Å². The summed E-state index contributed by atoms with van der Waals surface area (Å²) in [4.78, 5) is 30.2. The lowest BCUT2D eigenvalue weighted by Gasteiger charge is -2.14. The number of aromatic nitrogens is 8. The number of hydrogen-bond donors (Lipinski definition) is 0. The molecule has 0 spiro atoms. The zero-order chi connectivity index (χ0) is 42.6. The Morgan fingerprint density at radius 3 is 1.53 bits per heavy atom. The summed E-state index contributed by atoms with van der Waals surface area (Å²) < 4.78 is 4.45. The van der Waals surface area contributed by atoms with Crippen molar-refractivity contribution in [3.8, 4) is 74.6 Å². The molecule has 1 aliphatic carbocycles. The van der Waals surface area contributed by atoms with E-state index in [1.54, 1.807) is 0 Å². The molecule has 0 amide bonds. The van der Waals surface area contributed by atoms with Crippen molar-refractivity contribution in [1.29, 1.82) is 5.26 Å². The molecule has 0 saturated carbocycles. The van der Waals surface area contributed by atoms with Gasteiger partial charge >= 0.3 is 0 Å². The first-order chi connectivity index (χ1) is 31.7. The predicted molar refractivity (Wildman–Crippen MR) is 254 cm³/mol. The molecule has 0 N–H and O–H groups in total. The van der Waals surface area contributed by atoms with Crippen molar-refractivity contribution < 1.29 is 0 Å². The van der Waals surface area contributed by atoms with E-state index in [0.29, 0.717) is 40.6 Å². The van der Waals surface area contributed by atoms with Gasteiger partial charge in [-0.05, 0) is 54.8 Å². The van der Waals surface area contributed by atoms with Gasteiger partial charge in [0.1, 0.15) is 6.07 Å². The van der Waals surface area contributed by atoms with Crippen LogP contribution in [0.4, 0.5) is 0 Å². The Morgan fingerprint density at radius 1 is 0.453 bits per heavy atom. The van der Waals surface area contributed by atoms with Crippen molar-refractivity contribution in [1.82, 2.24) is 39.0 Å². The highest BCUT2D eigenvalue weighted by Crippen LogP contribution is 2.43. The van der Waals surface area contributed by atoms with Gasteiger partial charge < -0.3 is 4.57 Å². The standard InChI is InChI=1S/C55H35N9/c56-34-40-33-39(54-58-50(35-17-5-1-6-18-35)57-51(59-54)36-19-7-2-8-20-36)29-31-44(40)63-45-27-15-13-25-41(45)42-30-32-47-48(49(42)63)43-26-14-16-28-46(43)64(47)55-61-52(37-21-9-3-10-22-37)60-53(62-55)38-23-11-4-12-24-38/h1-13,15-25,27-33H,14,26H2. The van der Waals surface area contributed by atoms with Crippen LogP contribution in [-0.2, 0) is 6.42 Å². The van der Waals surface area contributed by atoms with Crippen LogP contribution >= 0.6 is 0 Å². The number of benzene rings is 7. The minimum Gasteiger partial charge on any atom is -0.307 e. The molecule has 0 radical (unpaired) electrons. The molecule has 0 aliphatic heterocycles. The van der Waals surface area contributed by atoms with Crippen LogP contribution in [-0.4, -0.2) is 39.0 Å². The van der Waals surface area contributed by atoms with Crippen molar-refractivity contribution in [2.75, 3.05) is 0 Å². The Balaban J connectivity index is 1.10. The van der Waals surface area contributed by atoms with Gasteiger partial charge in [-0.3, -0.25) is 4.57 Å². The number of nitrogens with zero attached hydrogens (tertiary/aromatic N) is 9. The number of aryl methyl sites for hydroxylation is 1. The van der Waals surface area contributed by atoms with Gasteiger partial charge in [0.25, 0.3) is 0 Å². The molecule has 0 unspecified atom stereocenters. The average molecular weight is 822 g/mol. The summed E-state index contributed by atoms with van der Waals surface area (Å²) >= 11 is 0. The summed E-state index contributed by atoms with van der Waals surface area (Å²) in [5, 5.41) is 14.3. The topological polar surface area (TPSA) is 111 Å². The first-order valence-electron chi connectivity index (χ1n) is 21.3. The lowest BCUT2D eigenvalue weighted by Crippen LogP contribution is -2.08. The second-order valence-electron chi connectivity index (χ2n) is 15.7. The van der Waals surface area contributed by atoms with Crippen molar-refractivity contribution in [3.05, 3.63) is 199 Å². The molecule has 12 rings (SSSR count). The lowest BCUT2D eigenvalue weighted by atomic mass is 9.99. The van der Waals surface area contributed by atoms with Crippen LogP contribution < -0.4 is 0 Å². The van der Waals surface area contributed by atoms with Crippen molar-refractivity contribution >= 4 is 38.8 Å². The zero-order valence-corrected chi connectivity index (χ0v) is 34.3. The molecule has 9 heteroatoms. The first kappa shape index (κ1) is 36.9. The van der Waals surface area contributed by atoms with Gasteiger partial charge in [-0.25, -0.2) is 19.9 Å². The third-order valence-corrected chi connectivity index (χ3v) is 11.9. The molecular weight excluding hydrogens is 787 g/mol. The summed E-state index contributed by atoms with van der Waals surface area (Å²) in [6, 6.07) is 61.3. The maximum atomic E-state index is 11.0. The first-order valence-corrected chi connectivity index (χ1v) is 21.3. The van der Waals surface area contributed by atoms with E-state index in [9.17, 15) is 5.26 Å². The maximum absolute atomic E-state index is 11.0. The predicted octanol–water partition coefficient (Wildman–Crippen LogP) is 12.3. The molecule has 300 valence electrons. The van der Waals surface area contributed by atoms with Gasteiger partial charge in [-0.15, -0.1) is 0 Å². The maximum Gasteiger partial charge on any atom is 0.238 e. The highest BCUT2D eigenvalue weighted by molar-refractivity contribution is 6.20. The molecule has 11 aromatic rings. The highest BCUT2D eigenvalue weighted by atomic mass is 15.2. The van der Waals surface area contributed by atoms with Crippen LogP contribution in [0.2, 0.25) is 0 Å². The fraction of sp³-hybridized carbons (Fsp3) is 0.0364. The summed E-state index contributed by atoms with van der Waals surface area (Å²) in [5.74, 6) is 3.34. The molecule has 4 aromatic heterocycles. The van der Waals surface area contributed by atoms with E-state index in [0.717, 1.165) is 84.7 Å². The molecule has 7 aromatic carbocycles. The van der Waals surface area contributed by atoms with Gasteiger partial charge in [-0.1, -0.05) is 152 Å². The molecule has 64 heavy (non-hydrogen) atoms. The normalized spacial score (nSPS) is 12.2. The van der Waals surface area contributed by atoms with Crippen molar-refractivity contribution in [3.63, 3.8) is 0 Å². The van der Waals surface area contributed by atoms with Crippen LogP contribution in [0.5, 0.6) is 0 Å². The largest absolute Gasteiger partial charge is 0.307 e. The van der Waals surface area contributed by atoms with E-state index in [1.165, 1.54) is 5.56 Å². The fourth-order valence-electron chi connectivity index (χ4n) is 9.03. The number of nitriles is 1. The summed E-state index contributed by atoms with van der Waals surface area (Å²) in [6.45, 7) is 0. The fourth-order valence-corrected chi connectivity index (χ4v) is 9.03. The number of para-hydroxylation sites is 1. The average Bonchev–Trinajstić information content (AvgIpc) is 3.90. The second kappa shape index (κ2) is 15.2. The Bertz CT molecular complexity index is 3550. The Kier molecular flexibility index (Phi) is 8.80. The SMILES string of the molecule is N#Cc1cc(-c2nc(-c3ccccc3)nc(-c3ccccc3)n2)ccc1-n1c2ccccc2c2ccc3c(c4c(n3-c3nc(-c5ccccc5)nc(-c5ccccc5)n3)C=CCC4)c21. The van der Waals surface area contributed by atoms with Gasteiger partial charge in [0.15, 0.2) is 29.1 Å². The van der Waals surface area contributed by atoms with E-state index in [4.69, 9.17) is 29.9 Å². The van der Waals surface area contributed by atoms with E-state index >= 15 is 0 Å². The van der Waals surface area contributed by atoms with E-state index in [2.05, 4.69) is 63.8 Å². The third-order valence-electron chi connectivity index (χ3n) is 11.9. The van der Waals surface area contributed by atoms with E-state index in [1.807, 2.05) is 140 Å². The smallest absolute Gasteiger partial charge is 0.238 e. The van der Waals surface area contributed by atoms with Crippen molar-refractivity contribution in [2.24, 2.45) is 0 Å². The quantitative estimate of drug-likeness (QED) is 0.157. The Hall–Kier alpha value is -8.87. The zero-order valence-electron chi connectivity index (χ0n) is 34.3. The van der Waals surface area contributed by atoms with Crippen LogP contribution in [0.3, 0.4) is 0 Å². The third kappa shape index (κ3) is 6.16. The molecule has 0 atom stereocenters. The summed E-state index contributed by atoms with van der Waals surface area (Å²) in [5.41, 5.74) is 10.8. The molecule has 9 nitrogen and oxygen atoms in total. The Labute approximate surface area is 368 Å². The van der Waals surface area contributed by atoms with Gasteiger partial charge in [0.2, 0.25) is 5.95 Å². The Morgan fingerprint density at radius 2 is 0.969 bits per heavy atom. The molecule has 0 bridgehead atoms. The van der Waals surface area contributed by atoms with E-state index < -0.39 is 0 Å². The summed E-state index contributed by atoms with van der Waals surface area (Å²) in [6.07, 6.45) is 6.14. The second-order valence-corrected chi connectivity index (χ2v) is 15.7. The molecule has 4 heterocycles. The number of fused-ring (bicyclic) bond motifs is 7.